The van der Waals surface area contributed by atoms with E-state index in [9.17, 15) is 0 Å². The predicted molar refractivity (Wildman–Crippen MR) is 92.6 cm³/mol. The Hall–Kier alpha value is -1.27. The number of aryl methyl sites for hydroxylation is 1. The van der Waals surface area contributed by atoms with Gasteiger partial charge in [0.1, 0.15) is 17.8 Å². The van der Waals surface area contributed by atoms with Crippen molar-refractivity contribution < 1.29 is 0 Å². The Labute approximate surface area is 135 Å². The minimum Gasteiger partial charge on any atom is -0.365 e. The lowest BCUT2D eigenvalue weighted by molar-refractivity contribution is 0.155. The van der Waals surface area contributed by atoms with Gasteiger partial charge in [-0.25, -0.2) is 9.97 Å². The van der Waals surface area contributed by atoms with Gasteiger partial charge in [-0.2, -0.15) is 11.8 Å². The van der Waals surface area contributed by atoms with Crippen LogP contribution in [0.25, 0.3) is 11.0 Å². The second-order valence-electron chi connectivity index (χ2n) is 6.18. The highest BCUT2D eigenvalue weighted by molar-refractivity contribution is 7.99. The van der Waals surface area contributed by atoms with Gasteiger partial charge in [-0.15, -0.1) is 0 Å². The third-order valence-corrected chi connectivity index (χ3v) is 6.01. The molecule has 118 valence electrons. The number of piperidine rings is 1. The molecule has 2 aliphatic rings. The summed E-state index contributed by atoms with van der Waals surface area (Å²) in [5, 5.41) is 4.93. The summed E-state index contributed by atoms with van der Waals surface area (Å²) in [7, 11) is 0. The zero-order valence-corrected chi connectivity index (χ0v) is 13.8. The third kappa shape index (κ3) is 2.48. The average molecular weight is 317 g/mol. The monoisotopic (exact) mass is 317 g/mol. The maximum absolute atomic E-state index is 4.55. The molecule has 2 fully saturated rings. The fourth-order valence-corrected chi connectivity index (χ4v) is 4.99. The number of fused-ring (bicyclic) bond motifs is 2. The van der Waals surface area contributed by atoms with Crippen molar-refractivity contribution >= 4 is 28.6 Å². The molecule has 5 nitrogen and oxygen atoms in total. The predicted octanol–water partition coefficient (Wildman–Crippen LogP) is 2.51. The molecule has 2 saturated heterocycles. The molecule has 0 radical (unpaired) electrons. The van der Waals surface area contributed by atoms with Crippen molar-refractivity contribution in [3.63, 3.8) is 0 Å². The van der Waals surface area contributed by atoms with E-state index in [0.29, 0.717) is 12.1 Å². The van der Waals surface area contributed by atoms with Crippen molar-refractivity contribution in [1.29, 1.82) is 0 Å². The Morgan fingerprint density at radius 1 is 1.41 bits per heavy atom. The van der Waals surface area contributed by atoms with Gasteiger partial charge in [0.2, 0.25) is 0 Å². The molecule has 0 saturated carbocycles. The highest BCUT2D eigenvalue weighted by Gasteiger charge is 2.33. The van der Waals surface area contributed by atoms with Crippen LogP contribution in [0.2, 0.25) is 0 Å². The summed E-state index contributed by atoms with van der Waals surface area (Å²) >= 11 is 2.09. The SMILES string of the molecule is CCc1c[nH]c2ncnc(NC3CCCN4CCSCC34)c12. The maximum Gasteiger partial charge on any atom is 0.143 e. The van der Waals surface area contributed by atoms with Crippen LogP contribution in [0.15, 0.2) is 12.5 Å². The maximum atomic E-state index is 4.55. The van der Waals surface area contributed by atoms with Gasteiger partial charge in [-0.1, -0.05) is 6.92 Å². The van der Waals surface area contributed by atoms with Crippen LogP contribution >= 0.6 is 11.8 Å². The van der Waals surface area contributed by atoms with Crippen molar-refractivity contribution in [2.75, 3.05) is 29.9 Å². The first-order chi connectivity index (χ1) is 10.9. The Kier molecular flexibility index (Phi) is 3.96. The highest BCUT2D eigenvalue weighted by Crippen LogP contribution is 2.30. The topological polar surface area (TPSA) is 56.8 Å². The molecule has 4 heterocycles. The van der Waals surface area contributed by atoms with Gasteiger partial charge in [0, 0.05) is 36.3 Å². The summed E-state index contributed by atoms with van der Waals surface area (Å²) in [6.07, 6.45) is 7.24. The van der Waals surface area contributed by atoms with E-state index < -0.39 is 0 Å². The number of anilines is 1. The summed E-state index contributed by atoms with van der Waals surface area (Å²) in [5.41, 5.74) is 2.24. The number of nitrogens with one attached hydrogen (secondary N) is 2. The van der Waals surface area contributed by atoms with Crippen LogP contribution in [-0.4, -0.2) is 56.5 Å². The third-order valence-electron chi connectivity index (χ3n) is 4.96. The number of aromatic nitrogens is 3. The summed E-state index contributed by atoms with van der Waals surface area (Å²) in [6, 6.07) is 1.14. The number of rotatable bonds is 3. The molecule has 0 spiro atoms. The minimum absolute atomic E-state index is 0.499. The number of thioether (sulfide) groups is 1. The normalized spacial score (nSPS) is 26.0. The molecular weight excluding hydrogens is 294 g/mol. The standard InChI is InChI=1S/C16H23N5S/c1-2-11-8-17-15-14(11)16(19-10-18-15)20-12-4-3-5-21-6-7-22-9-13(12)21/h8,10,12-13H,2-7,9H2,1H3,(H2,17,18,19,20). The fourth-order valence-electron chi connectivity index (χ4n) is 3.77. The largest absolute Gasteiger partial charge is 0.365 e. The first-order valence-corrected chi connectivity index (χ1v) is 9.41. The summed E-state index contributed by atoms with van der Waals surface area (Å²) in [6.45, 7) is 4.67. The quantitative estimate of drug-likeness (QED) is 0.911. The van der Waals surface area contributed by atoms with Crippen molar-refractivity contribution in [2.24, 2.45) is 0 Å². The van der Waals surface area contributed by atoms with E-state index >= 15 is 0 Å². The van der Waals surface area contributed by atoms with Gasteiger partial charge in [-0.05, 0) is 31.4 Å². The van der Waals surface area contributed by atoms with E-state index in [-0.39, 0.29) is 0 Å². The molecule has 2 unspecified atom stereocenters. The molecular formula is C16H23N5S. The van der Waals surface area contributed by atoms with Crippen LogP contribution in [0.4, 0.5) is 5.82 Å². The lowest BCUT2D eigenvalue weighted by atomic mass is 9.97. The van der Waals surface area contributed by atoms with Crippen molar-refractivity contribution in [3.05, 3.63) is 18.1 Å². The molecule has 0 aliphatic carbocycles. The first kappa shape index (κ1) is 14.3. The second-order valence-corrected chi connectivity index (χ2v) is 7.33. The number of hydrogen-bond acceptors (Lipinski definition) is 5. The Bertz CT molecular complexity index is 653. The Morgan fingerprint density at radius 2 is 2.36 bits per heavy atom. The van der Waals surface area contributed by atoms with Gasteiger partial charge >= 0.3 is 0 Å². The van der Waals surface area contributed by atoms with Crippen LogP contribution in [-0.2, 0) is 6.42 Å². The van der Waals surface area contributed by atoms with Gasteiger partial charge in [-0.3, -0.25) is 4.90 Å². The Balaban J connectivity index is 1.63. The zero-order valence-electron chi connectivity index (χ0n) is 13.0. The molecule has 4 rings (SSSR count). The van der Waals surface area contributed by atoms with Gasteiger partial charge in [0.15, 0.2) is 0 Å². The molecule has 6 heteroatoms. The van der Waals surface area contributed by atoms with Crippen LogP contribution < -0.4 is 5.32 Å². The molecule has 2 N–H and O–H groups in total. The van der Waals surface area contributed by atoms with E-state index in [1.165, 1.54) is 48.4 Å². The number of nitrogens with zero attached hydrogens (tertiary/aromatic N) is 3. The van der Waals surface area contributed by atoms with Gasteiger partial charge in [0.25, 0.3) is 0 Å². The van der Waals surface area contributed by atoms with E-state index in [1.54, 1.807) is 6.33 Å². The van der Waals surface area contributed by atoms with E-state index in [4.69, 9.17) is 0 Å². The molecule has 2 aromatic heterocycles. The molecule has 2 aromatic rings. The zero-order chi connectivity index (χ0) is 14.9. The minimum atomic E-state index is 0.499. The van der Waals surface area contributed by atoms with E-state index in [1.807, 2.05) is 0 Å². The van der Waals surface area contributed by atoms with Crippen LogP contribution in [0.3, 0.4) is 0 Å². The number of H-pyrrole nitrogens is 1. The van der Waals surface area contributed by atoms with E-state index in [2.05, 4.69) is 50.1 Å². The van der Waals surface area contributed by atoms with Gasteiger partial charge in [0.05, 0.1) is 5.39 Å². The first-order valence-electron chi connectivity index (χ1n) is 8.26. The molecule has 2 aliphatic heterocycles. The van der Waals surface area contributed by atoms with Crippen LogP contribution in [0, 0.1) is 0 Å². The molecule has 0 amide bonds. The van der Waals surface area contributed by atoms with Crippen molar-refractivity contribution in [1.82, 2.24) is 19.9 Å². The number of hydrogen-bond donors (Lipinski definition) is 2. The molecule has 0 aromatic carbocycles. The van der Waals surface area contributed by atoms with Crippen molar-refractivity contribution in [2.45, 2.75) is 38.3 Å². The number of aromatic amines is 1. The lowest BCUT2D eigenvalue weighted by Crippen LogP contribution is -2.55. The van der Waals surface area contributed by atoms with Gasteiger partial charge < -0.3 is 10.3 Å². The average Bonchev–Trinajstić information content (AvgIpc) is 2.99. The second kappa shape index (κ2) is 6.08. The molecule has 0 bridgehead atoms. The highest BCUT2D eigenvalue weighted by atomic mass is 32.2. The van der Waals surface area contributed by atoms with E-state index in [0.717, 1.165) is 17.9 Å². The molecule has 2 atom stereocenters. The fraction of sp³-hybridized carbons (Fsp3) is 0.625. The summed E-state index contributed by atoms with van der Waals surface area (Å²) in [4.78, 5) is 14.8. The summed E-state index contributed by atoms with van der Waals surface area (Å²) in [5.74, 6) is 3.52. The Morgan fingerprint density at radius 3 is 3.27 bits per heavy atom. The van der Waals surface area contributed by atoms with Crippen molar-refractivity contribution in [3.8, 4) is 0 Å². The van der Waals surface area contributed by atoms with Crippen LogP contribution in [0.5, 0.6) is 0 Å². The lowest BCUT2D eigenvalue weighted by Gasteiger charge is -2.44. The summed E-state index contributed by atoms with van der Waals surface area (Å²) < 4.78 is 0. The van der Waals surface area contributed by atoms with Crippen LogP contribution in [0.1, 0.15) is 25.3 Å². The molecule has 22 heavy (non-hydrogen) atoms. The smallest absolute Gasteiger partial charge is 0.143 e.